The van der Waals surface area contributed by atoms with Crippen molar-refractivity contribution in [1.82, 2.24) is 0 Å². The minimum Gasteiger partial charge on any atom is -0.460 e. The van der Waals surface area contributed by atoms with Gasteiger partial charge in [0.15, 0.2) is 0 Å². The number of hydrogen-bond acceptors (Lipinski definition) is 6. The van der Waals surface area contributed by atoms with Gasteiger partial charge in [-0.15, -0.1) is 0 Å². The fourth-order valence-electron chi connectivity index (χ4n) is 1.33. The van der Waals surface area contributed by atoms with Gasteiger partial charge in [0.1, 0.15) is 6.61 Å². The summed E-state index contributed by atoms with van der Waals surface area (Å²) in [7, 11) is 2.81. The Morgan fingerprint density at radius 1 is 1.19 bits per heavy atom. The predicted molar refractivity (Wildman–Crippen MR) is 77.5 cm³/mol. The quantitative estimate of drug-likeness (QED) is 0.403. The molecule has 1 rings (SSSR count). The average molecular weight is 357 g/mol. The number of rotatable bonds is 8. The van der Waals surface area contributed by atoms with E-state index in [1.54, 1.807) is 7.11 Å². The number of ether oxygens (including phenoxy) is 3. The van der Waals surface area contributed by atoms with Gasteiger partial charge in [-0.3, -0.25) is 0 Å². The predicted octanol–water partition coefficient (Wildman–Crippen LogP) is 2.09. The summed E-state index contributed by atoms with van der Waals surface area (Å²) in [5.74, 6) is -0.752. The summed E-state index contributed by atoms with van der Waals surface area (Å²) in [6.07, 6.45) is 0. The van der Waals surface area contributed by atoms with E-state index in [1.165, 1.54) is 12.1 Å². The summed E-state index contributed by atoms with van der Waals surface area (Å²) in [6, 6.07) is 3.54. The summed E-state index contributed by atoms with van der Waals surface area (Å²) in [4.78, 5) is 11.6. The number of carbonyl (C=O) groups is 1. The summed E-state index contributed by atoms with van der Waals surface area (Å²) >= 11 is 5.84. The number of carbonyl (C=O) groups excluding carboxylic acids is 1. The third kappa shape index (κ3) is 6.19. The van der Waals surface area contributed by atoms with Gasteiger partial charge in [0.05, 0.1) is 35.3 Å². The molecule has 0 spiro atoms. The van der Waals surface area contributed by atoms with Crippen LogP contribution in [0, 0.1) is 0 Å². The maximum atomic E-state index is 11.8. The molecule has 0 saturated carbocycles. The molecule has 0 unspecified atom stereocenters. The Morgan fingerprint density at radius 2 is 1.86 bits per heavy atom. The molecule has 0 fully saturated rings. The monoisotopic (exact) mass is 356 g/mol. The topological polar surface area (TPSA) is 78.9 Å². The second-order valence-electron chi connectivity index (χ2n) is 3.82. The standard InChI is InChI=1S/C12H14Cl2O6S/c1-18-4-5-19-6-7-20-12(15)10-8-9(21(14,16)17)2-3-11(10)13/h2-3,8H,4-7H2,1H3. The first-order valence-corrected chi connectivity index (χ1v) is 8.53. The highest BCUT2D eigenvalue weighted by Gasteiger charge is 2.17. The molecule has 1 aromatic carbocycles. The molecule has 0 heterocycles. The summed E-state index contributed by atoms with van der Waals surface area (Å²) in [6.45, 7) is 1.03. The molecule has 0 aliphatic rings. The molecule has 0 saturated heterocycles. The first-order chi connectivity index (χ1) is 9.86. The molecule has 6 nitrogen and oxygen atoms in total. The molecule has 21 heavy (non-hydrogen) atoms. The Hall–Kier alpha value is -0.860. The van der Waals surface area contributed by atoms with Crippen LogP contribution < -0.4 is 0 Å². The van der Waals surface area contributed by atoms with E-state index in [0.29, 0.717) is 13.2 Å². The number of benzene rings is 1. The second-order valence-corrected chi connectivity index (χ2v) is 6.79. The Labute approximate surface area is 132 Å². The molecule has 0 radical (unpaired) electrons. The summed E-state index contributed by atoms with van der Waals surface area (Å²) in [5.41, 5.74) is -0.0738. The van der Waals surface area contributed by atoms with Crippen LogP contribution in [-0.2, 0) is 23.3 Å². The van der Waals surface area contributed by atoms with Crippen molar-refractivity contribution in [3.8, 4) is 0 Å². The van der Waals surface area contributed by atoms with Crippen molar-refractivity contribution in [3.05, 3.63) is 28.8 Å². The molecular weight excluding hydrogens is 343 g/mol. The van der Waals surface area contributed by atoms with Gasteiger partial charge in [-0.1, -0.05) is 11.6 Å². The number of methoxy groups -OCH3 is 1. The third-order valence-corrected chi connectivity index (χ3v) is 4.01. The zero-order chi connectivity index (χ0) is 15.9. The van der Waals surface area contributed by atoms with E-state index in [0.717, 1.165) is 6.07 Å². The zero-order valence-electron chi connectivity index (χ0n) is 11.2. The highest BCUT2D eigenvalue weighted by molar-refractivity contribution is 8.13. The van der Waals surface area contributed by atoms with Crippen molar-refractivity contribution in [1.29, 1.82) is 0 Å². The summed E-state index contributed by atoms with van der Waals surface area (Å²) in [5, 5.41) is 0.0735. The lowest BCUT2D eigenvalue weighted by molar-refractivity contribution is 0.0213. The van der Waals surface area contributed by atoms with Gasteiger partial charge in [0, 0.05) is 17.8 Å². The zero-order valence-corrected chi connectivity index (χ0v) is 13.5. The van der Waals surface area contributed by atoms with Crippen molar-refractivity contribution in [3.63, 3.8) is 0 Å². The van der Waals surface area contributed by atoms with Crippen LogP contribution in [-0.4, -0.2) is 47.9 Å². The van der Waals surface area contributed by atoms with Gasteiger partial charge in [-0.05, 0) is 18.2 Å². The van der Waals surface area contributed by atoms with Gasteiger partial charge < -0.3 is 14.2 Å². The molecule has 0 aliphatic carbocycles. The Balaban J connectivity index is 2.62. The minimum absolute atomic E-state index is 0.0106. The van der Waals surface area contributed by atoms with Crippen LogP contribution >= 0.6 is 22.3 Å². The van der Waals surface area contributed by atoms with Crippen molar-refractivity contribution in [2.75, 3.05) is 33.5 Å². The highest BCUT2D eigenvalue weighted by Crippen LogP contribution is 2.23. The Bertz CT molecular complexity index is 587. The smallest absolute Gasteiger partial charge is 0.339 e. The second kappa shape index (κ2) is 8.55. The average Bonchev–Trinajstić information content (AvgIpc) is 2.41. The number of esters is 1. The Morgan fingerprint density at radius 3 is 2.48 bits per heavy atom. The lowest BCUT2D eigenvalue weighted by Crippen LogP contribution is -2.13. The van der Waals surface area contributed by atoms with Crippen molar-refractivity contribution in [2.45, 2.75) is 4.90 Å². The molecule has 9 heteroatoms. The minimum atomic E-state index is -3.94. The van der Waals surface area contributed by atoms with Crippen LogP contribution in [0.25, 0.3) is 0 Å². The van der Waals surface area contributed by atoms with Crippen molar-refractivity contribution in [2.24, 2.45) is 0 Å². The molecule has 1 aromatic rings. The van der Waals surface area contributed by atoms with Gasteiger partial charge in [-0.2, -0.15) is 0 Å². The van der Waals surface area contributed by atoms with E-state index in [2.05, 4.69) is 0 Å². The lowest BCUT2D eigenvalue weighted by atomic mass is 10.2. The molecule has 0 amide bonds. The van der Waals surface area contributed by atoms with E-state index in [-0.39, 0.29) is 28.7 Å². The van der Waals surface area contributed by atoms with Crippen LogP contribution in [0.5, 0.6) is 0 Å². The van der Waals surface area contributed by atoms with E-state index >= 15 is 0 Å². The van der Waals surface area contributed by atoms with E-state index in [9.17, 15) is 13.2 Å². The fraction of sp³-hybridized carbons (Fsp3) is 0.417. The van der Waals surface area contributed by atoms with E-state index in [1.807, 2.05) is 0 Å². The van der Waals surface area contributed by atoms with Gasteiger partial charge in [-0.25, -0.2) is 13.2 Å². The molecule has 118 valence electrons. The fourth-order valence-corrected chi connectivity index (χ4v) is 2.30. The first kappa shape index (κ1) is 18.2. The first-order valence-electron chi connectivity index (χ1n) is 5.84. The highest BCUT2D eigenvalue weighted by atomic mass is 35.7. The molecule has 0 atom stereocenters. The van der Waals surface area contributed by atoms with Crippen LogP contribution in [0.1, 0.15) is 10.4 Å². The normalized spacial score (nSPS) is 11.4. The maximum Gasteiger partial charge on any atom is 0.339 e. The van der Waals surface area contributed by atoms with Crippen molar-refractivity contribution < 1.29 is 27.4 Å². The van der Waals surface area contributed by atoms with Gasteiger partial charge in [0.25, 0.3) is 9.05 Å². The van der Waals surface area contributed by atoms with Crippen LogP contribution in [0.4, 0.5) is 0 Å². The number of hydrogen-bond donors (Lipinski definition) is 0. The maximum absolute atomic E-state index is 11.8. The van der Waals surface area contributed by atoms with E-state index in [4.69, 9.17) is 36.5 Å². The lowest BCUT2D eigenvalue weighted by Gasteiger charge is -2.08. The molecule has 0 aliphatic heterocycles. The van der Waals surface area contributed by atoms with Crippen LogP contribution in [0.15, 0.2) is 23.1 Å². The van der Waals surface area contributed by atoms with Gasteiger partial charge in [0.2, 0.25) is 0 Å². The molecule has 0 aromatic heterocycles. The van der Waals surface area contributed by atoms with E-state index < -0.39 is 15.0 Å². The number of halogens is 2. The Kier molecular flexibility index (Phi) is 7.41. The third-order valence-electron chi connectivity index (χ3n) is 2.33. The molecular formula is C12H14Cl2O6S. The van der Waals surface area contributed by atoms with Gasteiger partial charge >= 0.3 is 5.97 Å². The molecule has 0 N–H and O–H groups in total. The SMILES string of the molecule is COCCOCCOC(=O)c1cc(S(=O)(=O)Cl)ccc1Cl. The van der Waals surface area contributed by atoms with Crippen LogP contribution in [0.3, 0.4) is 0 Å². The van der Waals surface area contributed by atoms with Crippen LogP contribution in [0.2, 0.25) is 5.02 Å². The summed E-state index contributed by atoms with van der Waals surface area (Å²) < 4.78 is 37.3. The largest absolute Gasteiger partial charge is 0.460 e. The van der Waals surface area contributed by atoms with Crippen molar-refractivity contribution >= 4 is 37.3 Å². The molecule has 0 bridgehead atoms.